The van der Waals surface area contributed by atoms with Crippen LogP contribution in [-0.2, 0) is 6.42 Å². The van der Waals surface area contributed by atoms with Crippen molar-refractivity contribution in [3.05, 3.63) is 302 Å². The lowest BCUT2D eigenvalue weighted by atomic mass is 9.98. The van der Waals surface area contributed by atoms with E-state index < -0.39 is 0 Å². The second kappa shape index (κ2) is 20.5. The lowest BCUT2D eigenvalue weighted by molar-refractivity contribution is 0.968. The second-order valence-electron chi connectivity index (χ2n) is 23.4. The van der Waals surface area contributed by atoms with Crippen LogP contribution >= 0.6 is 0 Å². The molecule has 2 aliphatic carbocycles. The molecule has 0 fully saturated rings. The Kier molecular flexibility index (Phi) is 11.7. The molecule has 0 saturated heterocycles. The molecule has 5 aromatic heterocycles. The van der Waals surface area contributed by atoms with E-state index >= 15 is 0 Å². The number of aryl methyl sites for hydroxylation is 1. The zero-order valence-corrected chi connectivity index (χ0v) is 48.5. The van der Waals surface area contributed by atoms with E-state index in [1.165, 1.54) is 77.0 Å². The van der Waals surface area contributed by atoms with E-state index in [4.69, 9.17) is 15.0 Å². The minimum atomic E-state index is 0.596. The van der Waals surface area contributed by atoms with Crippen molar-refractivity contribution < 1.29 is 0 Å². The number of hydrogen-bond acceptors (Lipinski definition) is 3. The van der Waals surface area contributed by atoms with Crippen molar-refractivity contribution in [2.75, 3.05) is 0 Å². The minimum absolute atomic E-state index is 0.596. The molecular weight excluding hydrogens is 1080 g/mol. The Morgan fingerprint density at radius 3 is 1.46 bits per heavy atom. The fourth-order valence-corrected chi connectivity index (χ4v) is 14.3. The summed E-state index contributed by atoms with van der Waals surface area (Å²) >= 11 is 0. The third-order valence-electron chi connectivity index (χ3n) is 18.3. The van der Waals surface area contributed by atoms with E-state index in [2.05, 4.69) is 297 Å². The van der Waals surface area contributed by atoms with E-state index in [-0.39, 0.29) is 0 Å². The van der Waals surface area contributed by atoms with Crippen LogP contribution in [0.5, 0.6) is 0 Å². The fourth-order valence-electron chi connectivity index (χ4n) is 14.3. The Hall–Kier alpha value is -11.7. The van der Waals surface area contributed by atoms with Gasteiger partial charge in [-0.3, -0.25) is 0 Å². The molecule has 0 atom stereocenters. The molecule has 18 rings (SSSR count). The molecule has 89 heavy (non-hydrogen) atoms. The van der Waals surface area contributed by atoms with Gasteiger partial charge in [-0.15, -0.1) is 0 Å². The zero-order chi connectivity index (χ0) is 58.5. The van der Waals surface area contributed by atoms with Gasteiger partial charge < -0.3 is 18.3 Å². The van der Waals surface area contributed by atoms with E-state index in [0.717, 1.165) is 91.9 Å². The van der Waals surface area contributed by atoms with Crippen molar-refractivity contribution in [2.24, 2.45) is 0 Å². The van der Waals surface area contributed by atoms with Crippen molar-refractivity contribution in [1.29, 1.82) is 0 Å². The summed E-state index contributed by atoms with van der Waals surface area (Å²) in [5, 5.41) is 7.39. The van der Waals surface area contributed by atoms with Gasteiger partial charge >= 0.3 is 0 Å². The van der Waals surface area contributed by atoms with Crippen LogP contribution in [0, 0.1) is 0 Å². The Bertz CT molecular complexity index is 5580. The molecule has 0 amide bonds. The molecule has 0 radical (unpaired) electrons. The first-order valence-electron chi connectivity index (χ1n) is 30.7. The number of para-hydroxylation sites is 5. The normalized spacial score (nSPS) is 12.9. The highest BCUT2D eigenvalue weighted by molar-refractivity contribution is 6.12. The van der Waals surface area contributed by atoms with Crippen LogP contribution in [0.2, 0.25) is 0 Å². The van der Waals surface area contributed by atoms with Crippen molar-refractivity contribution >= 4 is 83.6 Å². The number of fused-ring (bicyclic) bond motifs is 12. The molecule has 0 aliphatic heterocycles. The van der Waals surface area contributed by atoms with Crippen molar-refractivity contribution in [3.63, 3.8) is 0 Å². The van der Waals surface area contributed by atoms with E-state index in [0.29, 0.717) is 17.5 Å². The number of nitrogens with zero attached hydrogens (tertiary/aromatic N) is 7. The van der Waals surface area contributed by atoms with Gasteiger partial charge in [0.25, 0.3) is 0 Å². The molecule has 16 aromatic rings. The van der Waals surface area contributed by atoms with Crippen LogP contribution in [0.4, 0.5) is 0 Å². The van der Waals surface area contributed by atoms with Gasteiger partial charge in [-0.2, -0.15) is 0 Å². The molecule has 0 N–H and O–H groups in total. The van der Waals surface area contributed by atoms with Crippen LogP contribution in [0.1, 0.15) is 35.4 Å². The van der Waals surface area contributed by atoms with Gasteiger partial charge in [0.15, 0.2) is 17.5 Å². The number of hydrogen-bond donors (Lipinski definition) is 0. The van der Waals surface area contributed by atoms with Crippen LogP contribution in [0.25, 0.3) is 163 Å². The highest BCUT2D eigenvalue weighted by atomic mass is 15.0. The summed E-state index contributed by atoms with van der Waals surface area (Å²) in [7, 11) is 0. The van der Waals surface area contributed by atoms with Gasteiger partial charge in [-0.1, -0.05) is 182 Å². The third kappa shape index (κ3) is 8.23. The van der Waals surface area contributed by atoms with E-state index in [1.807, 2.05) is 18.2 Å². The number of benzene rings is 11. The topological polar surface area (TPSA) is 58.4 Å². The quantitative estimate of drug-likeness (QED) is 0.145. The molecule has 5 heterocycles. The molecule has 7 nitrogen and oxygen atoms in total. The fraction of sp³-hybridized carbons (Fsp3) is 0.0366. The number of allylic oxidation sites excluding steroid dienone is 3. The minimum Gasteiger partial charge on any atom is -0.309 e. The van der Waals surface area contributed by atoms with Gasteiger partial charge in [-0.05, 0) is 157 Å². The first-order chi connectivity index (χ1) is 44.1. The number of rotatable bonds is 9. The summed E-state index contributed by atoms with van der Waals surface area (Å²) < 4.78 is 9.63. The Morgan fingerprint density at radius 2 is 0.764 bits per heavy atom. The van der Waals surface area contributed by atoms with Crippen molar-refractivity contribution in [3.8, 4) is 79.2 Å². The maximum absolute atomic E-state index is 5.41. The van der Waals surface area contributed by atoms with Gasteiger partial charge in [0.05, 0.1) is 44.5 Å². The maximum Gasteiger partial charge on any atom is 0.164 e. The van der Waals surface area contributed by atoms with Gasteiger partial charge in [0, 0.05) is 82.9 Å². The summed E-state index contributed by atoms with van der Waals surface area (Å²) in [6.45, 7) is 0. The van der Waals surface area contributed by atoms with Gasteiger partial charge in [0.2, 0.25) is 0 Å². The van der Waals surface area contributed by atoms with Crippen LogP contribution < -0.4 is 0 Å². The third-order valence-corrected chi connectivity index (χ3v) is 18.3. The lowest BCUT2D eigenvalue weighted by Gasteiger charge is -2.18. The van der Waals surface area contributed by atoms with Gasteiger partial charge in [-0.25, -0.2) is 15.0 Å². The average molecular weight is 1140 g/mol. The van der Waals surface area contributed by atoms with Crippen LogP contribution in [-0.4, -0.2) is 33.2 Å². The molecule has 0 spiro atoms. The van der Waals surface area contributed by atoms with Crippen molar-refractivity contribution in [1.82, 2.24) is 33.2 Å². The second-order valence-corrected chi connectivity index (χ2v) is 23.4. The summed E-state index contributed by atoms with van der Waals surface area (Å²) in [6.07, 6.45) is 16.7. The molecule has 0 unspecified atom stereocenters. The maximum atomic E-state index is 5.41. The van der Waals surface area contributed by atoms with Crippen LogP contribution in [0.3, 0.4) is 0 Å². The summed E-state index contributed by atoms with van der Waals surface area (Å²) in [6, 6.07) is 94.4. The molecule has 418 valence electrons. The zero-order valence-electron chi connectivity index (χ0n) is 48.5. The average Bonchev–Trinajstić information content (AvgIpc) is 1.82. The summed E-state index contributed by atoms with van der Waals surface area (Å²) in [5.74, 6) is 1.81. The smallest absolute Gasteiger partial charge is 0.164 e. The highest BCUT2D eigenvalue weighted by Crippen LogP contribution is 2.43. The number of aromatic nitrogens is 7. The summed E-state index contributed by atoms with van der Waals surface area (Å²) in [4.78, 5) is 16.0. The molecule has 7 heteroatoms. The SMILES string of the molecule is C1=Cc2c(n(-c3ccccc3)c3ccc(-c4ccc5c(c4)c4ccccc4n5-c4ccc(-c5cc(-c6nc(-c7ccccc7)nc(-c7cccc(-n8c9ccccc9c9ccccc98)c7)n6)ccc5-n5c6c(c7ccccc75)CCC=C6)cc4)cc23)C=CC1. The van der Waals surface area contributed by atoms with Crippen LogP contribution in [0.15, 0.2) is 279 Å². The van der Waals surface area contributed by atoms with Gasteiger partial charge in [0.1, 0.15) is 0 Å². The molecule has 2 aliphatic rings. The Labute approximate surface area is 514 Å². The molecule has 0 saturated carbocycles. The summed E-state index contributed by atoms with van der Waals surface area (Å²) in [5.41, 5.74) is 23.7. The van der Waals surface area contributed by atoms with E-state index in [1.54, 1.807) is 0 Å². The van der Waals surface area contributed by atoms with Crippen molar-refractivity contribution in [2.45, 2.75) is 19.3 Å². The standard InChI is InChI=1S/C82H55N7/c1-4-21-54(22-5-1)80-83-81(57-23-20-26-61(49-57)88-71-34-15-10-28-62(71)63-29-11-16-35-72(63)88)85-82(84-80)58-43-48-77(89-75-37-18-12-30-64(75)65-31-13-19-38-76(65)89)68(52-58)53-39-44-60(45-40-53)87-74-36-17-14-32-67(74)70-51-56(42-47-79(70)87)55-41-46-78-69(50-55)66-27-8-3-9-33-73(66)86(78)59-24-6-2-7-25-59/h1-2,4-12,14-30,32-52H,3,13,31H2. The highest BCUT2D eigenvalue weighted by Gasteiger charge is 2.24. The Morgan fingerprint density at radius 1 is 0.281 bits per heavy atom. The predicted molar refractivity (Wildman–Crippen MR) is 369 cm³/mol. The molecule has 0 bridgehead atoms. The molecular formula is C82H55N7. The first-order valence-corrected chi connectivity index (χ1v) is 30.7. The largest absolute Gasteiger partial charge is 0.309 e. The monoisotopic (exact) mass is 1140 g/mol. The lowest BCUT2D eigenvalue weighted by Crippen LogP contribution is -2.04. The Balaban J connectivity index is 0.777. The van der Waals surface area contributed by atoms with E-state index in [9.17, 15) is 0 Å². The first kappa shape index (κ1) is 50.6. The molecule has 11 aromatic carbocycles. The predicted octanol–water partition coefficient (Wildman–Crippen LogP) is 20.7.